The first-order valence-corrected chi connectivity index (χ1v) is 15.5. The van der Waals surface area contributed by atoms with Gasteiger partial charge in [0.15, 0.2) is 0 Å². The van der Waals surface area contributed by atoms with Crippen molar-refractivity contribution in [3.8, 4) is 11.5 Å². The fraction of sp³-hybridized carbons (Fsp3) is 0.375. The summed E-state index contributed by atoms with van der Waals surface area (Å²) < 4.78 is 39.8. The van der Waals surface area contributed by atoms with Gasteiger partial charge in [-0.05, 0) is 68.7 Å². The molecule has 0 radical (unpaired) electrons. The van der Waals surface area contributed by atoms with Gasteiger partial charge in [-0.3, -0.25) is 13.9 Å². The summed E-state index contributed by atoms with van der Waals surface area (Å²) >= 11 is 0. The molecule has 1 fully saturated rings. The van der Waals surface area contributed by atoms with Crippen molar-refractivity contribution in [3.05, 3.63) is 83.9 Å². The molecule has 0 aliphatic heterocycles. The smallest absolute Gasteiger partial charge is 0.264 e. The Balaban J connectivity index is 1.70. The van der Waals surface area contributed by atoms with Crippen LogP contribution in [0.3, 0.4) is 0 Å². The van der Waals surface area contributed by atoms with E-state index in [-0.39, 0.29) is 29.1 Å². The van der Waals surface area contributed by atoms with Crippen LogP contribution in [0.1, 0.15) is 43.7 Å². The van der Waals surface area contributed by atoms with Crippen LogP contribution in [-0.4, -0.2) is 58.0 Å². The number of benzene rings is 3. The van der Waals surface area contributed by atoms with E-state index in [1.807, 2.05) is 19.1 Å². The highest BCUT2D eigenvalue weighted by molar-refractivity contribution is 7.92. The van der Waals surface area contributed by atoms with Crippen LogP contribution in [0.15, 0.2) is 77.7 Å². The first-order chi connectivity index (χ1) is 20.1. The molecular formula is C32H39N3O6S. The van der Waals surface area contributed by atoms with Crippen molar-refractivity contribution >= 4 is 27.5 Å². The van der Waals surface area contributed by atoms with Crippen LogP contribution < -0.4 is 19.1 Å². The van der Waals surface area contributed by atoms with Gasteiger partial charge in [0.25, 0.3) is 10.0 Å². The van der Waals surface area contributed by atoms with Gasteiger partial charge in [0.2, 0.25) is 11.8 Å². The Bertz CT molecular complexity index is 1490. The lowest BCUT2D eigenvalue weighted by atomic mass is 10.1. The van der Waals surface area contributed by atoms with Crippen molar-refractivity contribution in [3.63, 3.8) is 0 Å². The normalized spacial score (nSPS) is 14.2. The van der Waals surface area contributed by atoms with E-state index in [0.717, 1.165) is 41.1 Å². The van der Waals surface area contributed by atoms with Gasteiger partial charge in [-0.2, -0.15) is 0 Å². The third-order valence-electron chi connectivity index (χ3n) is 7.59. The molecule has 224 valence electrons. The second-order valence-corrected chi connectivity index (χ2v) is 12.4. The van der Waals surface area contributed by atoms with Crippen molar-refractivity contribution < 1.29 is 27.5 Å². The number of rotatable bonds is 12. The van der Waals surface area contributed by atoms with E-state index in [1.54, 1.807) is 62.6 Å². The van der Waals surface area contributed by atoms with E-state index < -0.39 is 28.5 Å². The topological polar surface area (TPSA) is 105 Å². The Morgan fingerprint density at radius 3 is 2.19 bits per heavy atom. The molecule has 2 amide bonds. The van der Waals surface area contributed by atoms with Crippen molar-refractivity contribution in [2.24, 2.45) is 0 Å². The SMILES string of the molecule is COc1cccc(CN(C(=O)CN(c2cccc(OC)c2)S(=O)(=O)c2ccc(C)cc2)C(C)C(=O)NC2CCCC2)c1. The molecule has 0 heterocycles. The van der Waals surface area contributed by atoms with E-state index in [9.17, 15) is 18.0 Å². The molecule has 1 atom stereocenters. The molecule has 1 unspecified atom stereocenters. The lowest BCUT2D eigenvalue weighted by molar-refractivity contribution is -0.139. The van der Waals surface area contributed by atoms with Crippen LogP contribution in [0.2, 0.25) is 0 Å². The summed E-state index contributed by atoms with van der Waals surface area (Å²) in [4.78, 5) is 29.0. The maximum absolute atomic E-state index is 14.1. The van der Waals surface area contributed by atoms with E-state index >= 15 is 0 Å². The van der Waals surface area contributed by atoms with Crippen LogP contribution >= 0.6 is 0 Å². The summed E-state index contributed by atoms with van der Waals surface area (Å²) in [6, 6.07) is 19.5. The number of carbonyl (C=O) groups excluding carboxylic acids is 2. The number of ether oxygens (including phenoxy) is 2. The zero-order chi connectivity index (χ0) is 30.3. The molecule has 3 aromatic carbocycles. The number of carbonyl (C=O) groups is 2. The van der Waals surface area contributed by atoms with E-state index in [1.165, 1.54) is 24.1 Å². The summed E-state index contributed by atoms with van der Waals surface area (Å²) in [6.07, 6.45) is 3.91. The summed E-state index contributed by atoms with van der Waals surface area (Å²) in [6.45, 7) is 3.11. The van der Waals surface area contributed by atoms with Gasteiger partial charge in [0.1, 0.15) is 24.1 Å². The highest BCUT2D eigenvalue weighted by Gasteiger charge is 2.33. The van der Waals surface area contributed by atoms with Gasteiger partial charge in [-0.25, -0.2) is 8.42 Å². The third-order valence-corrected chi connectivity index (χ3v) is 9.37. The van der Waals surface area contributed by atoms with Crippen LogP contribution in [0, 0.1) is 6.92 Å². The average Bonchev–Trinajstić information content (AvgIpc) is 3.51. The van der Waals surface area contributed by atoms with Gasteiger partial charge in [-0.15, -0.1) is 0 Å². The standard InChI is InChI=1S/C32H39N3O6S/c1-23-15-17-30(18-16-23)42(38,39)35(27-12-8-14-29(20-27)41-4)22-31(36)34(21-25-9-7-13-28(19-25)40-3)24(2)32(37)33-26-10-5-6-11-26/h7-9,12-20,24,26H,5-6,10-11,21-22H2,1-4H3,(H,33,37). The molecule has 0 spiro atoms. The first kappa shape index (κ1) is 30.9. The highest BCUT2D eigenvalue weighted by atomic mass is 32.2. The second kappa shape index (κ2) is 13.7. The minimum absolute atomic E-state index is 0.0510. The van der Waals surface area contributed by atoms with Gasteiger partial charge in [0.05, 0.1) is 24.8 Å². The zero-order valence-corrected chi connectivity index (χ0v) is 25.4. The maximum Gasteiger partial charge on any atom is 0.264 e. The Kier molecular flexibility index (Phi) is 10.1. The first-order valence-electron chi connectivity index (χ1n) is 14.1. The van der Waals surface area contributed by atoms with Crippen molar-refractivity contribution in [1.29, 1.82) is 0 Å². The monoisotopic (exact) mass is 593 g/mol. The second-order valence-electron chi connectivity index (χ2n) is 10.6. The van der Waals surface area contributed by atoms with E-state index in [0.29, 0.717) is 11.5 Å². The van der Waals surface area contributed by atoms with E-state index in [4.69, 9.17) is 9.47 Å². The minimum Gasteiger partial charge on any atom is -0.497 e. The maximum atomic E-state index is 14.1. The number of methoxy groups -OCH3 is 2. The summed E-state index contributed by atoms with van der Waals surface area (Å²) in [5.74, 6) is 0.266. The van der Waals surface area contributed by atoms with Crippen molar-refractivity contribution in [2.45, 2.75) is 63.1 Å². The summed E-state index contributed by atoms with van der Waals surface area (Å²) in [7, 11) is -1.12. The zero-order valence-electron chi connectivity index (χ0n) is 24.6. The molecule has 1 aliphatic rings. The predicted molar refractivity (Wildman–Crippen MR) is 162 cm³/mol. The lowest BCUT2D eigenvalue weighted by Gasteiger charge is -2.32. The summed E-state index contributed by atoms with van der Waals surface area (Å²) in [5.41, 5.74) is 1.93. The van der Waals surface area contributed by atoms with Crippen LogP contribution in [0.5, 0.6) is 11.5 Å². The number of nitrogens with zero attached hydrogens (tertiary/aromatic N) is 2. The van der Waals surface area contributed by atoms with Crippen molar-refractivity contribution in [1.82, 2.24) is 10.2 Å². The molecule has 42 heavy (non-hydrogen) atoms. The number of amides is 2. The van der Waals surface area contributed by atoms with Gasteiger partial charge in [0, 0.05) is 18.7 Å². The molecule has 3 aromatic rings. The lowest BCUT2D eigenvalue weighted by Crippen LogP contribution is -2.52. The van der Waals surface area contributed by atoms with Crippen molar-refractivity contribution in [2.75, 3.05) is 25.1 Å². The quantitative estimate of drug-likeness (QED) is 0.327. The number of aryl methyl sites for hydroxylation is 1. The Labute approximate surface area is 248 Å². The molecule has 0 bridgehead atoms. The Morgan fingerprint density at radius 1 is 0.929 bits per heavy atom. The number of anilines is 1. The molecule has 0 saturated heterocycles. The van der Waals surface area contributed by atoms with Gasteiger partial charge in [-0.1, -0.05) is 48.7 Å². The Morgan fingerprint density at radius 2 is 1.55 bits per heavy atom. The molecule has 1 N–H and O–H groups in total. The highest BCUT2D eigenvalue weighted by Crippen LogP contribution is 2.28. The van der Waals surface area contributed by atoms with Crippen LogP contribution in [0.25, 0.3) is 0 Å². The van der Waals surface area contributed by atoms with Gasteiger partial charge >= 0.3 is 0 Å². The number of sulfonamides is 1. The molecule has 1 saturated carbocycles. The third kappa shape index (κ3) is 7.42. The molecular weight excluding hydrogens is 554 g/mol. The predicted octanol–water partition coefficient (Wildman–Crippen LogP) is 4.68. The van der Waals surface area contributed by atoms with E-state index in [2.05, 4.69) is 5.32 Å². The molecule has 1 aliphatic carbocycles. The Hall–Kier alpha value is -4.05. The number of hydrogen-bond donors (Lipinski definition) is 1. The van der Waals surface area contributed by atoms with Crippen LogP contribution in [0.4, 0.5) is 5.69 Å². The number of nitrogens with one attached hydrogen (secondary N) is 1. The minimum atomic E-state index is -4.16. The number of hydrogen-bond acceptors (Lipinski definition) is 6. The fourth-order valence-electron chi connectivity index (χ4n) is 5.07. The largest absolute Gasteiger partial charge is 0.497 e. The van der Waals surface area contributed by atoms with Gasteiger partial charge < -0.3 is 19.7 Å². The molecule has 9 nitrogen and oxygen atoms in total. The average molecular weight is 594 g/mol. The molecule has 4 rings (SSSR count). The summed E-state index contributed by atoms with van der Waals surface area (Å²) in [5, 5.41) is 3.08. The molecule has 0 aromatic heterocycles. The fourth-order valence-corrected chi connectivity index (χ4v) is 6.48. The molecule has 10 heteroatoms. The van der Waals surface area contributed by atoms with Crippen LogP contribution in [-0.2, 0) is 26.2 Å².